The summed E-state index contributed by atoms with van der Waals surface area (Å²) in [5, 5.41) is 0. The van der Waals surface area contributed by atoms with E-state index in [4.69, 9.17) is 0 Å². The van der Waals surface area contributed by atoms with Crippen LogP contribution in [0.4, 0.5) is 0 Å². The van der Waals surface area contributed by atoms with E-state index in [2.05, 4.69) is 49.0 Å². The van der Waals surface area contributed by atoms with E-state index >= 15 is 0 Å². The van der Waals surface area contributed by atoms with Gasteiger partial charge in [0.05, 0.1) is 0 Å². The van der Waals surface area contributed by atoms with Gasteiger partial charge in [-0.25, -0.2) is 0 Å². The van der Waals surface area contributed by atoms with Gasteiger partial charge < -0.3 is 0 Å². The van der Waals surface area contributed by atoms with E-state index in [0.717, 1.165) is 0 Å². The van der Waals surface area contributed by atoms with Crippen LogP contribution in [0.5, 0.6) is 0 Å². The third-order valence-electron chi connectivity index (χ3n) is 1.36. The Kier molecular flexibility index (Phi) is 2.83. The van der Waals surface area contributed by atoms with Crippen LogP contribution in [0.1, 0.15) is 0 Å². The van der Waals surface area contributed by atoms with E-state index in [1.165, 1.54) is 0 Å². The molecule has 0 amide bonds. The summed E-state index contributed by atoms with van der Waals surface area (Å²) in [7, 11) is 0. The van der Waals surface area contributed by atoms with Gasteiger partial charge in [0, 0.05) is 0 Å². The zero-order chi connectivity index (χ0) is 8.32. The molecule has 0 heterocycles. The summed E-state index contributed by atoms with van der Waals surface area (Å²) in [6.07, 6.45) is 8.42. The molecule has 0 saturated heterocycles. The molecule has 0 radical (unpaired) electrons. The van der Waals surface area contributed by atoms with Crippen molar-refractivity contribution in [3.63, 3.8) is 0 Å². The van der Waals surface area contributed by atoms with Gasteiger partial charge in [0.1, 0.15) is 0 Å². The van der Waals surface area contributed by atoms with E-state index in [9.17, 15) is 0 Å². The number of hydrogen-bond acceptors (Lipinski definition) is 0. The predicted octanol–water partition coefficient (Wildman–Crippen LogP) is 2.61. The molecule has 1 rings (SSSR count). The van der Waals surface area contributed by atoms with Crippen molar-refractivity contribution in [2.75, 3.05) is 0 Å². The van der Waals surface area contributed by atoms with E-state index in [-0.39, 0.29) is 0 Å². The third kappa shape index (κ3) is 3.67. The van der Waals surface area contributed by atoms with E-state index in [1.54, 1.807) is 0 Å². The summed E-state index contributed by atoms with van der Waals surface area (Å²) < 4.78 is 3.42. The zero-order valence-electron chi connectivity index (χ0n) is 7.39. The van der Waals surface area contributed by atoms with Crippen LogP contribution in [-0.2, 0) is 0 Å². The Hall–Kier alpha value is -0.161. The molecule has 1 aliphatic rings. The number of allylic oxidation sites excluding steroid dienone is 4. The maximum atomic E-state index is 3.42. The molecular formula is C10H14Sn. The first-order chi connectivity index (χ1) is 5.08. The van der Waals surface area contributed by atoms with Gasteiger partial charge in [0.15, 0.2) is 0 Å². The van der Waals surface area contributed by atoms with Gasteiger partial charge >= 0.3 is 73.3 Å². The Morgan fingerprint density at radius 2 is 1.64 bits per heavy atom. The van der Waals surface area contributed by atoms with Crippen LogP contribution < -0.4 is 0 Å². The second-order valence-corrected chi connectivity index (χ2v) is 17.4. The van der Waals surface area contributed by atoms with Crippen LogP contribution >= 0.6 is 0 Å². The molecule has 0 saturated carbocycles. The molecule has 0 aromatic carbocycles. The third-order valence-corrected chi connectivity index (χ3v) is 3.91. The van der Waals surface area contributed by atoms with Crippen molar-refractivity contribution in [1.82, 2.24) is 0 Å². The van der Waals surface area contributed by atoms with Gasteiger partial charge in [-0.2, -0.15) is 0 Å². The van der Waals surface area contributed by atoms with Crippen LogP contribution in [0, 0.1) is 15.8 Å². The van der Waals surface area contributed by atoms with Gasteiger partial charge in [0.25, 0.3) is 0 Å². The van der Waals surface area contributed by atoms with Crippen molar-refractivity contribution in [2.24, 2.45) is 5.92 Å². The fourth-order valence-electron chi connectivity index (χ4n) is 0.828. The fourth-order valence-corrected chi connectivity index (χ4v) is 2.54. The normalized spacial score (nSPS) is 16.6. The molecule has 0 aromatic heterocycles. The summed E-state index contributed by atoms with van der Waals surface area (Å²) in [6.45, 7) is 0. The van der Waals surface area contributed by atoms with Gasteiger partial charge in [-0.05, 0) is 0 Å². The Balaban J connectivity index is 2.57. The Morgan fingerprint density at radius 1 is 1.09 bits per heavy atom. The Morgan fingerprint density at radius 3 is 2.09 bits per heavy atom. The van der Waals surface area contributed by atoms with Gasteiger partial charge in [0.2, 0.25) is 0 Å². The predicted molar refractivity (Wildman–Crippen MR) is 52.9 cm³/mol. The Bertz CT molecular complexity index is 230. The average Bonchev–Trinajstić information content (AvgIpc) is 2.32. The molecule has 1 aliphatic carbocycles. The monoisotopic (exact) mass is 254 g/mol. The molecule has 0 aromatic rings. The minimum atomic E-state index is -1.81. The molecule has 1 heteroatoms. The fraction of sp³-hybridized carbons (Fsp3) is 0.400. The van der Waals surface area contributed by atoms with Crippen LogP contribution in [-0.4, -0.2) is 18.4 Å². The Labute approximate surface area is 73.3 Å². The summed E-state index contributed by atoms with van der Waals surface area (Å²) in [6, 6.07) is 0. The quantitative estimate of drug-likeness (QED) is 0.459. The molecule has 58 valence electrons. The molecule has 0 nitrogen and oxygen atoms in total. The van der Waals surface area contributed by atoms with Crippen molar-refractivity contribution in [3.05, 3.63) is 24.3 Å². The molecule has 0 spiro atoms. The maximum absolute atomic E-state index is 3.42. The molecule has 0 bridgehead atoms. The number of rotatable bonds is 0. The molecular weight excluding hydrogens is 239 g/mol. The summed E-state index contributed by atoms with van der Waals surface area (Å²) in [4.78, 5) is 7.01. The van der Waals surface area contributed by atoms with Gasteiger partial charge in [-0.3, -0.25) is 0 Å². The van der Waals surface area contributed by atoms with Crippen LogP contribution in [0.15, 0.2) is 24.3 Å². The van der Waals surface area contributed by atoms with Crippen LogP contribution in [0.2, 0.25) is 14.8 Å². The molecule has 0 unspecified atom stereocenters. The van der Waals surface area contributed by atoms with Crippen molar-refractivity contribution in [2.45, 2.75) is 14.8 Å². The second kappa shape index (κ2) is 3.49. The average molecular weight is 253 g/mol. The van der Waals surface area contributed by atoms with Crippen molar-refractivity contribution >= 4 is 18.4 Å². The van der Waals surface area contributed by atoms with Crippen LogP contribution in [0.25, 0.3) is 0 Å². The van der Waals surface area contributed by atoms with E-state index in [1.807, 2.05) is 0 Å². The van der Waals surface area contributed by atoms with Gasteiger partial charge in [-0.15, -0.1) is 0 Å². The minimum absolute atomic E-state index is 0.408. The topological polar surface area (TPSA) is 0 Å². The van der Waals surface area contributed by atoms with E-state index in [0.29, 0.717) is 5.92 Å². The first kappa shape index (κ1) is 8.93. The summed E-state index contributed by atoms with van der Waals surface area (Å²) >= 11 is -1.81. The zero-order valence-corrected chi connectivity index (χ0v) is 10.2. The summed E-state index contributed by atoms with van der Waals surface area (Å²) in [5.41, 5.74) is 0. The molecule has 0 aliphatic heterocycles. The second-order valence-electron chi connectivity index (χ2n) is 3.81. The standard InChI is InChI=1S/C7H5.3CH3.Sn/c1-2-7-5-3-4-6-7;;;;/h3-7H;3*1H3;. The number of hydrogen-bond donors (Lipinski definition) is 0. The molecule has 0 N–H and O–H groups in total. The van der Waals surface area contributed by atoms with E-state index < -0.39 is 18.4 Å². The van der Waals surface area contributed by atoms with Crippen molar-refractivity contribution in [3.8, 4) is 9.86 Å². The first-order valence-electron chi connectivity index (χ1n) is 3.96. The van der Waals surface area contributed by atoms with Gasteiger partial charge in [-0.1, -0.05) is 0 Å². The van der Waals surface area contributed by atoms with Crippen molar-refractivity contribution in [1.29, 1.82) is 0 Å². The first-order valence-corrected chi connectivity index (χ1v) is 13.9. The molecule has 0 atom stereocenters. The molecule has 0 fully saturated rings. The SMILES string of the molecule is [CH3][Sn]([CH3])([CH3])[C]#CC1C=CC=C1. The molecule has 11 heavy (non-hydrogen) atoms. The summed E-state index contributed by atoms with van der Waals surface area (Å²) in [5.74, 6) is 3.70. The van der Waals surface area contributed by atoms with Crippen LogP contribution in [0.3, 0.4) is 0 Å². The van der Waals surface area contributed by atoms with Crippen molar-refractivity contribution < 1.29 is 0 Å².